The zero-order valence-electron chi connectivity index (χ0n) is 17.4. The molecule has 6 nitrogen and oxygen atoms in total. The van der Waals surface area contributed by atoms with E-state index in [0.29, 0.717) is 24.7 Å². The van der Waals surface area contributed by atoms with Gasteiger partial charge in [0.25, 0.3) is 0 Å². The van der Waals surface area contributed by atoms with Crippen LogP contribution in [-0.2, 0) is 13.1 Å². The van der Waals surface area contributed by atoms with E-state index in [0.717, 1.165) is 54.3 Å². The second-order valence-electron chi connectivity index (χ2n) is 7.88. The largest absolute Gasteiger partial charge is 0.395 e. The minimum atomic E-state index is -0.430. The smallest absolute Gasteiger partial charge is 0.206 e. The third-order valence-electron chi connectivity index (χ3n) is 5.52. The van der Waals surface area contributed by atoms with Crippen molar-refractivity contribution in [2.75, 3.05) is 51.3 Å². The van der Waals surface area contributed by atoms with Crippen molar-refractivity contribution in [1.29, 1.82) is 0 Å². The molecule has 0 atom stereocenters. The van der Waals surface area contributed by atoms with E-state index in [2.05, 4.69) is 14.8 Å². The Bertz CT molecular complexity index is 1070. The van der Waals surface area contributed by atoms with Crippen molar-refractivity contribution in [2.45, 2.75) is 13.1 Å². The Labute approximate surface area is 191 Å². The average molecular weight is 466 g/mol. The first-order chi connectivity index (χ1) is 15.0. The highest BCUT2D eigenvalue weighted by Gasteiger charge is 2.22. The van der Waals surface area contributed by atoms with Gasteiger partial charge in [-0.05, 0) is 42.4 Å². The lowest BCUT2D eigenvalue weighted by molar-refractivity contribution is 0.217. The summed E-state index contributed by atoms with van der Waals surface area (Å²) in [4.78, 5) is 9.33. The molecule has 2 aromatic carbocycles. The number of piperazine rings is 1. The standard InChI is InChI=1S/C22H26Cl2FN5O/c1-28(8-9-31)14-16-11-17(23)12-20-21(16)27-22(29-6-4-26-5-7-29)30(20)13-15-2-3-19(25)18(24)10-15/h2-3,10-12,26,31H,4-9,13-14H2,1H3. The monoisotopic (exact) mass is 465 g/mol. The number of rotatable bonds is 7. The Hall–Kier alpha value is -1.90. The average Bonchev–Trinajstić information content (AvgIpc) is 3.10. The molecule has 1 fully saturated rings. The van der Waals surface area contributed by atoms with Crippen molar-refractivity contribution >= 4 is 40.2 Å². The number of imidazole rings is 1. The van der Waals surface area contributed by atoms with Crippen LogP contribution in [0.2, 0.25) is 10.0 Å². The Balaban J connectivity index is 1.82. The van der Waals surface area contributed by atoms with Gasteiger partial charge in [-0.3, -0.25) is 4.90 Å². The highest BCUT2D eigenvalue weighted by Crippen LogP contribution is 2.31. The van der Waals surface area contributed by atoms with Gasteiger partial charge in [-0.15, -0.1) is 0 Å². The van der Waals surface area contributed by atoms with Gasteiger partial charge in [0.05, 0.1) is 29.2 Å². The maximum atomic E-state index is 13.7. The van der Waals surface area contributed by atoms with Gasteiger partial charge < -0.3 is 19.9 Å². The molecular formula is C22H26Cl2FN5O. The Morgan fingerprint density at radius 2 is 1.97 bits per heavy atom. The molecule has 1 saturated heterocycles. The van der Waals surface area contributed by atoms with Gasteiger partial charge in [0.2, 0.25) is 5.95 Å². The SMILES string of the molecule is CN(CCO)Cc1cc(Cl)cc2c1nc(N1CCNCC1)n2Cc1ccc(F)c(Cl)c1. The van der Waals surface area contributed by atoms with Crippen LogP contribution in [0.25, 0.3) is 11.0 Å². The number of aromatic nitrogens is 2. The van der Waals surface area contributed by atoms with Gasteiger partial charge >= 0.3 is 0 Å². The van der Waals surface area contributed by atoms with Gasteiger partial charge in [-0.1, -0.05) is 29.3 Å². The summed E-state index contributed by atoms with van der Waals surface area (Å²) in [6.07, 6.45) is 0. The summed E-state index contributed by atoms with van der Waals surface area (Å²) in [6.45, 7) is 5.25. The van der Waals surface area contributed by atoms with Crippen molar-refractivity contribution < 1.29 is 9.50 Å². The number of anilines is 1. The summed E-state index contributed by atoms with van der Waals surface area (Å²) < 4.78 is 15.8. The van der Waals surface area contributed by atoms with Crippen molar-refractivity contribution in [3.63, 3.8) is 0 Å². The maximum absolute atomic E-state index is 13.7. The first-order valence-corrected chi connectivity index (χ1v) is 11.1. The zero-order chi connectivity index (χ0) is 22.0. The Morgan fingerprint density at radius 3 is 2.68 bits per heavy atom. The zero-order valence-corrected chi connectivity index (χ0v) is 18.9. The van der Waals surface area contributed by atoms with Gasteiger partial charge in [-0.2, -0.15) is 0 Å². The molecule has 2 N–H and O–H groups in total. The molecular weight excluding hydrogens is 440 g/mol. The van der Waals surface area contributed by atoms with Crippen LogP contribution in [0.1, 0.15) is 11.1 Å². The third-order valence-corrected chi connectivity index (χ3v) is 6.03. The number of nitrogens with one attached hydrogen (secondary N) is 1. The van der Waals surface area contributed by atoms with Crippen LogP contribution < -0.4 is 10.2 Å². The maximum Gasteiger partial charge on any atom is 0.206 e. The number of nitrogens with zero attached hydrogens (tertiary/aromatic N) is 4. The number of aliphatic hydroxyl groups is 1. The van der Waals surface area contributed by atoms with E-state index in [1.807, 2.05) is 24.1 Å². The lowest BCUT2D eigenvalue weighted by atomic mass is 10.1. The first kappa shape index (κ1) is 22.3. The summed E-state index contributed by atoms with van der Waals surface area (Å²) in [5, 5.41) is 13.4. The number of benzene rings is 2. The van der Waals surface area contributed by atoms with Gasteiger partial charge in [0.15, 0.2) is 0 Å². The molecule has 1 aliphatic heterocycles. The molecule has 0 amide bonds. The second kappa shape index (κ2) is 9.71. The molecule has 31 heavy (non-hydrogen) atoms. The van der Waals surface area contributed by atoms with Crippen LogP contribution in [-0.4, -0.2) is 65.9 Å². The Morgan fingerprint density at radius 1 is 1.19 bits per heavy atom. The van der Waals surface area contributed by atoms with E-state index in [9.17, 15) is 9.50 Å². The molecule has 166 valence electrons. The fraction of sp³-hybridized carbons (Fsp3) is 0.409. The molecule has 0 saturated carbocycles. The predicted octanol–water partition coefficient (Wildman–Crippen LogP) is 3.36. The molecule has 0 unspecified atom stereocenters. The highest BCUT2D eigenvalue weighted by molar-refractivity contribution is 6.31. The van der Waals surface area contributed by atoms with Crippen molar-refractivity contribution in [3.8, 4) is 0 Å². The second-order valence-corrected chi connectivity index (χ2v) is 8.72. The molecule has 3 aromatic rings. The Kier molecular flexibility index (Phi) is 6.99. The van der Waals surface area contributed by atoms with E-state index in [4.69, 9.17) is 28.2 Å². The number of hydrogen-bond donors (Lipinski definition) is 2. The fourth-order valence-corrected chi connectivity index (χ4v) is 4.42. The van der Waals surface area contributed by atoms with E-state index < -0.39 is 5.82 Å². The molecule has 4 rings (SSSR count). The van der Waals surface area contributed by atoms with Crippen molar-refractivity contribution in [3.05, 3.63) is 57.3 Å². The highest BCUT2D eigenvalue weighted by atomic mass is 35.5. The van der Waals surface area contributed by atoms with E-state index in [-0.39, 0.29) is 11.6 Å². The van der Waals surface area contributed by atoms with Crippen LogP contribution in [0.3, 0.4) is 0 Å². The molecule has 0 radical (unpaired) electrons. The van der Waals surface area contributed by atoms with Gasteiger partial charge in [0, 0.05) is 44.3 Å². The number of hydrogen-bond acceptors (Lipinski definition) is 5. The topological polar surface area (TPSA) is 56.6 Å². The normalized spacial score (nSPS) is 14.7. The van der Waals surface area contributed by atoms with Crippen LogP contribution in [0.15, 0.2) is 30.3 Å². The molecule has 0 spiro atoms. The van der Waals surface area contributed by atoms with E-state index in [1.165, 1.54) is 6.07 Å². The number of aliphatic hydroxyl groups excluding tert-OH is 1. The summed E-state index contributed by atoms with van der Waals surface area (Å²) >= 11 is 12.5. The number of fused-ring (bicyclic) bond motifs is 1. The molecule has 0 aliphatic carbocycles. The quantitative estimate of drug-likeness (QED) is 0.560. The minimum absolute atomic E-state index is 0.0893. The predicted molar refractivity (Wildman–Crippen MR) is 124 cm³/mol. The van der Waals surface area contributed by atoms with Crippen molar-refractivity contribution in [1.82, 2.24) is 19.8 Å². The summed E-state index contributed by atoms with van der Waals surface area (Å²) in [5.74, 6) is 0.436. The summed E-state index contributed by atoms with van der Waals surface area (Å²) in [6, 6.07) is 8.66. The molecule has 1 aliphatic rings. The van der Waals surface area contributed by atoms with Crippen LogP contribution in [0, 0.1) is 5.82 Å². The van der Waals surface area contributed by atoms with Gasteiger partial charge in [0.1, 0.15) is 5.82 Å². The minimum Gasteiger partial charge on any atom is -0.395 e. The van der Waals surface area contributed by atoms with E-state index >= 15 is 0 Å². The number of likely N-dealkylation sites (N-methyl/N-ethyl adjacent to an activating group) is 1. The summed E-state index contributed by atoms with van der Waals surface area (Å²) in [7, 11) is 1.96. The fourth-order valence-electron chi connectivity index (χ4n) is 3.99. The van der Waals surface area contributed by atoms with Crippen LogP contribution in [0.4, 0.5) is 10.3 Å². The van der Waals surface area contributed by atoms with Gasteiger partial charge in [-0.25, -0.2) is 9.37 Å². The molecule has 1 aromatic heterocycles. The molecule has 0 bridgehead atoms. The first-order valence-electron chi connectivity index (χ1n) is 10.3. The molecule has 9 heteroatoms. The lowest BCUT2D eigenvalue weighted by Gasteiger charge is -2.29. The number of halogens is 3. The van der Waals surface area contributed by atoms with Crippen molar-refractivity contribution in [2.24, 2.45) is 0 Å². The van der Waals surface area contributed by atoms with Crippen LogP contribution in [0.5, 0.6) is 0 Å². The van der Waals surface area contributed by atoms with E-state index in [1.54, 1.807) is 12.1 Å². The summed E-state index contributed by atoms with van der Waals surface area (Å²) in [5.41, 5.74) is 3.71. The lowest BCUT2D eigenvalue weighted by Crippen LogP contribution is -2.44. The van der Waals surface area contributed by atoms with Crippen LogP contribution >= 0.6 is 23.2 Å². The molecule has 2 heterocycles. The third kappa shape index (κ3) is 4.96.